The summed E-state index contributed by atoms with van der Waals surface area (Å²) < 4.78 is 6.53. The molecule has 4 aromatic rings. The number of hydrogen-bond acceptors (Lipinski definition) is 6. The number of nitrogens with one attached hydrogen (secondary N) is 2. The van der Waals surface area contributed by atoms with Gasteiger partial charge in [-0.1, -0.05) is 48.5 Å². The summed E-state index contributed by atoms with van der Waals surface area (Å²) in [6.07, 6.45) is -0.654. The molecule has 0 saturated heterocycles. The Morgan fingerprint density at radius 3 is 2.33 bits per heavy atom. The Bertz CT molecular complexity index is 1630. The van der Waals surface area contributed by atoms with Gasteiger partial charge < -0.3 is 25.0 Å². The molecule has 10 heteroatoms. The fraction of sp³-hybridized carbons (Fsp3) is 0.167. The van der Waals surface area contributed by atoms with Crippen LogP contribution in [0, 0.1) is 6.92 Å². The first-order valence-corrected chi connectivity index (χ1v) is 12.4. The second kappa shape index (κ2) is 12.5. The number of aryl methyl sites for hydroxylation is 1. The number of para-hydroxylation sites is 1. The van der Waals surface area contributed by atoms with Crippen molar-refractivity contribution in [1.29, 1.82) is 0 Å². The van der Waals surface area contributed by atoms with Crippen molar-refractivity contribution in [3.05, 3.63) is 107 Å². The lowest BCUT2D eigenvalue weighted by Gasteiger charge is -2.18. The molecule has 40 heavy (non-hydrogen) atoms. The van der Waals surface area contributed by atoms with Crippen molar-refractivity contribution in [2.75, 3.05) is 11.9 Å². The number of benzene rings is 3. The third kappa shape index (κ3) is 6.98. The van der Waals surface area contributed by atoms with Gasteiger partial charge >= 0.3 is 5.97 Å². The van der Waals surface area contributed by atoms with Crippen molar-refractivity contribution < 1.29 is 29.0 Å². The lowest BCUT2D eigenvalue weighted by atomic mass is 10.1. The Morgan fingerprint density at radius 1 is 0.900 bits per heavy atom. The number of ketones is 1. The number of carboxylic acids is 1. The monoisotopic (exact) mass is 541 g/mol. The predicted molar refractivity (Wildman–Crippen MR) is 148 cm³/mol. The van der Waals surface area contributed by atoms with Crippen LogP contribution in [0.1, 0.15) is 22.5 Å². The van der Waals surface area contributed by atoms with E-state index in [-0.39, 0.29) is 5.69 Å². The highest BCUT2D eigenvalue weighted by Gasteiger charge is 2.25. The van der Waals surface area contributed by atoms with Crippen LogP contribution < -0.4 is 20.9 Å². The minimum Gasteiger partial charge on any atom is -0.486 e. The minimum atomic E-state index is -1.36. The molecule has 1 heterocycles. The molecule has 0 saturated carbocycles. The summed E-state index contributed by atoms with van der Waals surface area (Å²) in [4.78, 5) is 62.8. The van der Waals surface area contributed by atoms with Gasteiger partial charge in [-0.05, 0) is 54.1 Å². The molecule has 4 rings (SSSR count). The van der Waals surface area contributed by atoms with Gasteiger partial charge in [0, 0.05) is 11.3 Å². The Balaban J connectivity index is 1.45. The number of hydrogen-bond donors (Lipinski definition) is 3. The quantitative estimate of drug-likeness (QED) is 0.265. The first kappa shape index (κ1) is 27.8. The minimum absolute atomic E-state index is 0.0361. The molecule has 3 N–H and O–H groups in total. The zero-order valence-corrected chi connectivity index (χ0v) is 21.6. The Morgan fingerprint density at radius 2 is 1.60 bits per heavy atom. The van der Waals surface area contributed by atoms with Gasteiger partial charge in [-0.2, -0.15) is 0 Å². The van der Waals surface area contributed by atoms with Crippen LogP contribution in [0.15, 0.2) is 89.7 Å². The number of rotatable bonds is 11. The van der Waals surface area contributed by atoms with E-state index < -0.39 is 54.7 Å². The molecule has 204 valence electrons. The fourth-order valence-corrected chi connectivity index (χ4v) is 4.06. The number of amides is 2. The molecule has 0 aliphatic carbocycles. The first-order valence-electron chi connectivity index (χ1n) is 12.4. The highest BCUT2D eigenvalue weighted by Crippen LogP contribution is 2.17. The summed E-state index contributed by atoms with van der Waals surface area (Å²) >= 11 is 0. The Hall–Kier alpha value is -5.25. The molecule has 0 fully saturated rings. The molecule has 0 aliphatic rings. The van der Waals surface area contributed by atoms with Gasteiger partial charge in [0.15, 0.2) is 5.78 Å². The van der Waals surface area contributed by atoms with Gasteiger partial charge in [0.2, 0.25) is 5.91 Å². The van der Waals surface area contributed by atoms with Gasteiger partial charge in [-0.15, -0.1) is 0 Å². The summed E-state index contributed by atoms with van der Waals surface area (Å²) in [6.45, 7) is 0.669. The second-order valence-electron chi connectivity index (χ2n) is 9.08. The maximum Gasteiger partial charge on any atom is 0.305 e. The van der Waals surface area contributed by atoms with Crippen molar-refractivity contribution in [1.82, 2.24) is 9.88 Å². The van der Waals surface area contributed by atoms with Gasteiger partial charge in [-0.25, -0.2) is 0 Å². The van der Waals surface area contributed by atoms with E-state index in [0.717, 1.165) is 15.3 Å². The van der Waals surface area contributed by atoms with Crippen molar-refractivity contribution >= 4 is 40.0 Å². The van der Waals surface area contributed by atoms with Gasteiger partial charge in [0.1, 0.15) is 30.6 Å². The number of aliphatic carboxylic acids is 1. The molecule has 1 aromatic heterocycles. The number of pyridine rings is 1. The van der Waals surface area contributed by atoms with Crippen LogP contribution in [-0.2, 0) is 20.9 Å². The first-order chi connectivity index (χ1) is 19.2. The maximum absolute atomic E-state index is 13.1. The molecular weight excluding hydrogens is 514 g/mol. The summed E-state index contributed by atoms with van der Waals surface area (Å²) in [6, 6.07) is 22.9. The number of carbonyl (C=O) groups excluding carboxylic acids is 3. The normalized spacial score (nSPS) is 11.4. The molecule has 3 aromatic carbocycles. The van der Waals surface area contributed by atoms with Crippen molar-refractivity contribution in [2.24, 2.45) is 0 Å². The van der Waals surface area contributed by atoms with Crippen LogP contribution in [0.4, 0.5) is 5.69 Å². The standard InChI is InChI=1S/C30H27N3O7/c1-19-11-14-24(32-29(38)22-13-12-20-7-5-6-8-21(20)15-22)30(39)33(19)17-27(35)31-25(16-28(36)37)26(34)18-40-23-9-3-2-4-10-23/h2-15,25H,16-18H2,1H3,(H,31,35)(H,32,38)(H,36,37)/t25-/m0/s1. The third-order valence-corrected chi connectivity index (χ3v) is 6.18. The summed E-state index contributed by atoms with van der Waals surface area (Å²) in [5.74, 6) is -2.75. The summed E-state index contributed by atoms with van der Waals surface area (Å²) in [5.41, 5.74) is 0.122. The molecule has 1 atom stereocenters. The number of carbonyl (C=O) groups is 4. The van der Waals surface area contributed by atoms with E-state index in [2.05, 4.69) is 10.6 Å². The van der Waals surface area contributed by atoms with Gasteiger partial charge in [0.25, 0.3) is 11.5 Å². The lowest BCUT2D eigenvalue weighted by Crippen LogP contribution is -2.46. The largest absolute Gasteiger partial charge is 0.486 e. The van der Waals surface area contributed by atoms with Crippen molar-refractivity contribution in [3.8, 4) is 5.75 Å². The molecule has 0 unspecified atom stereocenters. The number of ether oxygens (including phenoxy) is 1. The Kier molecular flexibility index (Phi) is 8.70. The number of nitrogens with zero attached hydrogens (tertiary/aromatic N) is 1. The van der Waals surface area contributed by atoms with Gasteiger partial charge in [0.05, 0.1) is 6.42 Å². The molecule has 0 radical (unpaired) electrons. The van der Waals surface area contributed by atoms with Crippen LogP contribution in [-0.4, -0.2) is 45.9 Å². The van der Waals surface area contributed by atoms with E-state index in [0.29, 0.717) is 17.0 Å². The molecule has 0 spiro atoms. The number of fused-ring (bicyclic) bond motifs is 1. The predicted octanol–water partition coefficient (Wildman–Crippen LogP) is 3.17. The smallest absolute Gasteiger partial charge is 0.305 e. The third-order valence-electron chi connectivity index (χ3n) is 6.18. The molecular formula is C30H27N3O7. The number of carboxylic acid groups (broad SMARTS) is 1. The number of anilines is 1. The average molecular weight is 542 g/mol. The number of Topliss-reactive ketones (excluding diaryl/α,β-unsaturated/α-hetero) is 1. The fourth-order valence-electron chi connectivity index (χ4n) is 4.06. The van der Waals surface area contributed by atoms with Crippen LogP contribution in [0.5, 0.6) is 5.75 Å². The SMILES string of the molecule is Cc1ccc(NC(=O)c2ccc3ccccc3c2)c(=O)n1CC(=O)N[C@@H](CC(=O)O)C(=O)COc1ccccc1. The zero-order chi connectivity index (χ0) is 28.6. The van der Waals surface area contributed by atoms with Crippen LogP contribution in [0.25, 0.3) is 10.8 Å². The lowest BCUT2D eigenvalue weighted by molar-refractivity contribution is -0.140. The maximum atomic E-state index is 13.1. The van der Waals surface area contributed by atoms with E-state index in [1.807, 2.05) is 30.3 Å². The van der Waals surface area contributed by atoms with Gasteiger partial charge in [-0.3, -0.25) is 24.0 Å². The van der Waals surface area contributed by atoms with E-state index in [1.54, 1.807) is 55.5 Å². The molecule has 2 amide bonds. The topological polar surface area (TPSA) is 144 Å². The molecule has 0 aliphatic heterocycles. The van der Waals surface area contributed by atoms with Crippen LogP contribution in [0.2, 0.25) is 0 Å². The molecule has 0 bridgehead atoms. The van der Waals surface area contributed by atoms with Crippen LogP contribution >= 0.6 is 0 Å². The second-order valence-corrected chi connectivity index (χ2v) is 9.08. The Labute approximate surface area is 229 Å². The summed E-state index contributed by atoms with van der Waals surface area (Å²) in [7, 11) is 0. The van der Waals surface area contributed by atoms with E-state index >= 15 is 0 Å². The zero-order valence-electron chi connectivity index (χ0n) is 21.6. The highest BCUT2D eigenvalue weighted by atomic mass is 16.5. The van der Waals surface area contributed by atoms with Crippen molar-refractivity contribution in [2.45, 2.75) is 25.9 Å². The van der Waals surface area contributed by atoms with E-state index in [4.69, 9.17) is 4.74 Å². The van der Waals surface area contributed by atoms with E-state index in [1.165, 1.54) is 6.07 Å². The van der Waals surface area contributed by atoms with Crippen molar-refractivity contribution in [3.63, 3.8) is 0 Å². The number of aromatic nitrogens is 1. The average Bonchev–Trinajstić information content (AvgIpc) is 2.95. The highest BCUT2D eigenvalue weighted by molar-refractivity contribution is 6.06. The summed E-state index contributed by atoms with van der Waals surface area (Å²) in [5, 5.41) is 16.1. The van der Waals surface area contributed by atoms with Crippen LogP contribution in [0.3, 0.4) is 0 Å². The molecule has 10 nitrogen and oxygen atoms in total. The van der Waals surface area contributed by atoms with E-state index in [9.17, 15) is 29.1 Å².